The Balaban J connectivity index is 0.00000338. The standard InChI is InChI=1S/C18H29N3O3S.ClH/c22-18(20-15-14-19-16-8-4-1-2-5-9-16)12-13-21-25(23,24)17-10-6-3-7-11-17;/h3,6-7,10-11,16,19,21H,1-2,4-5,8-9,12-15H2,(H,20,22);1H. The minimum atomic E-state index is -3.54. The van der Waals surface area contributed by atoms with Gasteiger partial charge in [-0.25, -0.2) is 13.1 Å². The molecule has 1 amide bonds. The number of benzene rings is 1. The van der Waals surface area contributed by atoms with E-state index in [1.807, 2.05) is 0 Å². The van der Waals surface area contributed by atoms with Gasteiger partial charge in [0.05, 0.1) is 4.90 Å². The molecule has 0 bridgehead atoms. The second kappa shape index (κ2) is 12.3. The maximum Gasteiger partial charge on any atom is 0.240 e. The third-order valence-corrected chi connectivity index (χ3v) is 5.91. The Morgan fingerprint density at radius 1 is 0.962 bits per heavy atom. The summed E-state index contributed by atoms with van der Waals surface area (Å²) in [6.07, 6.45) is 7.79. The van der Waals surface area contributed by atoms with Gasteiger partial charge in [0.1, 0.15) is 0 Å². The zero-order chi connectivity index (χ0) is 18.0. The summed E-state index contributed by atoms with van der Waals surface area (Å²) >= 11 is 0. The Labute approximate surface area is 163 Å². The van der Waals surface area contributed by atoms with Crippen LogP contribution in [0, 0.1) is 0 Å². The summed E-state index contributed by atoms with van der Waals surface area (Å²) in [6, 6.07) is 8.72. The average Bonchev–Trinajstić information content (AvgIpc) is 2.88. The molecule has 0 saturated heterocycles. The van der Waals surface area contributed by atoms with Gasteiger partial charge in [0, 0.05) is 32.1 Å². The topological polar surface area (TPSA) is 87.3 Å². The highest BCUT2D eigenvalue weighted by atomic mass is 35.5. The van der Waals surface area contributed by atoms with E-state index >= 15 is 0 Å². The fraction of sp³-hybridized carbons (Fsp3) is 0.611. The van der Waals surface area contributed by atoms with Crippen LogP contribution in [0.2, 0.25) is 0 Å². The van der Waals surface area contributed by atoms with E-state index in [0.29, 0.717) is 12.6 Å². The zero-order valence-corrected chi connectivity index (χ0v) is 16.7. The molecule has 1 fully saturated rings. The van der Waals surface area contributed by atoms with Crippen LogP contribution in [-0.4, -0.2) is 40.0 Å². The summed E-state index contributed by atoms with van der Waals surface area (Å²) in [7, 11) is -3.54. The van der Waals surface area contributed by atoms with Crippen molar-refractivity contribution in [2.75, 3.05) is 19.6 Å². The van der Waals surface area contributed by atoms with Crippen LogP contribution in [-0.2, 0) is 14.8 Å². The molecule has 26 heavy (non-hydrogen) atoms. The van der Waals surface area contributed by atoms with Gasteiger partial charge in [-0.3, -0.25) is 4.79 Å². The van der Waals surface area contributed by atoms with Crippen molar-refractivity contribution < 1.29 is 13.2 Å². The normalized spacial score (nSPS) is 15.7. The van der Waals surface area contributed by atoms with Crippen LogP contribution in [0.25, 0.3) is 0 Å². The minimum Gasteiger partial charge on any atom is -0.355 e. The summed E-state index contributed by atoms with van der Waals surface area (Å²) in [6.45, 7) is 1.42. The van der Waals surface area contributed by atoms with Crippen LogP contribution in [0.1, 0.15) is 44.9 Å². The molecule has 0 aromatic heterocycles. The molecule has 1 aromatic carbocycles. The van der Waals surface area contributed by atoms with E-state index in [1.54, 1.807) is 18.2 Å². The molecule has 148 valence electrons. The first-order valence-electron chi connectivity index (χ1n) is 9.13. The predicted octanol–water partition coefficient (Wildman–Crippen LogP) is 2.21. The molecule has 0 atom stereocenters. The lowest BCUT2D eigenvalue weighted by atomic mass is 10.1. The van der Waals surface area contributed by atoms with Gasteiger partial charge in [-0.15, -0.1) is 12.4 Å². The first kappa shape index (κ1) is 22.9. The van der Waals surface area contributed by atoms with Crippen LogP contribution in [0.15, 0.2) is 35.2 Å². The number of hydrogen-bond donors (Lipinski definition) is 3. The molecule has 1 aliphatic carbocycles. The van der Waals surface area contributed by atoms with Crippen molar-refractivity contribution in [3.8, 4) is 0 Å². The molecule has 0 spiro atoms. The summed E-state index contributed by atoms with van der Waals surface area (Å²) < 4.78 is 26.5. The first-order chi connectivity index (χ1) is 12.1. The molecule has 0 radical (unpaired) electrons. The molecule has 6 nitrogen and oxygen atoms in total. The van der Waals surface area contributed by atoms with Crippen LogP contribution in [0.3, 0.4) is 0 Å². The van der Waals surface area contributed by atoms with Crippen LogP contribution in [0.5, 0.6) is 0 Å². The smallest absolute Gasteiger partial charge is 0.240 e. The van der Waals surface area contributed by atoms with E-state index in [1.165, 1.54) is 50.7 Å². The number of carbonyl (C=O) groups excluding carboxylic acids is 1. The van der Waals surface area contributed by atoms with E-state index in [9.17, 15) is 13.2 Å². The van der Waals surface area contributed by atoms with Crippen molar-refractivity contribution >= 4 is 28.3 Å². The zero-order valence-electron chi connectivity index (χ0n) is 15.1. The van der Waals surface area contributed by atoms with Crippen LogP contribution >= 0.6 is 12.4 Å². The van der Waals surface area contributed by atoms with E-state index in [0.717, 1.165) is 6.54 Å². The fourth-order valence-electron chi connectivity index (χ4n) is 3.03. The first-order valence-corrected chi connectivity index (χ1v) is 10.6. The quantitative estimate of drug-likeness (QED) is 0.435. The Hall–Kier alpha value is -1.15. The van der Waals surface area contributed by atoms with Gasteiger partial charge in [0.15, 0.2) is 0 Å². The van der Waals surface area contributed by atoms with Gasteiger partial charge < -0.3 is 10.6 Å². The van der Waals surface area contributed by atoms with Crippen molar-refractivity contribution in [3.05, 3.63) is 30.3 Å². The Morgan fingerprint density at radius 3 is 2.27 bits per heavy atom. The molecule has 1 aliphatic rings. The van der Waals surface area contributed by atoms with Crippen molar-refractivity contribution in [1.82, 2.24) is 15.4 Å². The summed E-state index contributed by atoms with van der Waals surface area (Å²) in [5.74, 6) is -0.140. The van der Waals surface area contributed by atoms with Gasteiger partial charge >= 0.3 is 0 Å². The lowest BCUT2D eigenvalue weighted by Gasteiger charge is -2.16. The van der Waals surface area contributed by atoms with Crippen molar-refractivity contribution in [1.29, 1.82) is 0 Å². The second-order valence-electron chi connectivity index (χ2n) is 6.45. The summed E-state index contributed by atoms with van der Waals surface area (Å²) in [4.78, 5) is 12.0. The number of sulfonamides is 1. The third-order valence-electron chi connectivity index (χ3n) is 4.43. The van der Waals surface area contributed by atoms with Crippen LogP contribution < -0.4 is 15.4 Å². The van der Waals surface area contributed by atoms with Crippen molar-refractivity contribution in [3.63, 3.8) is 0 Å². The number of rotatable bonds is 9. The van der Waals surface area contributed by atoms with Gasteiger partial charge in [-0.05, 0) is 25.0 Å². The molecule has 2 rings (SSSR count). The molecule has 0 heterocycles. The molecule has 1 saturated carbocycles. The molecule has 3 N–H and O–H groups in total. The molecular formula is C18H30ClN3O3S. The van der Waals surface area contributed by atoms with Gasteiger partial charge in [0.2, 0.25) is 15.9 Å². The van der Waals surface area contributed by atoms with Crippen LogP contribution in [0.4, 0.5) is 0 Å². The maximum atomic E-state index is 12.0. The number of hydrogen-bond acceptors (Lipinski definition) is 4. The Bertz CT molecular complexity index is 618. The largest absolute Gasteiger partial charge is 0.355 e. The Kier molecular flexibility index (Phi) is 10.8. The van der Waals surface area contributed by atoms with Gasteiger partial charge in [0.25, 0.3) is 0 Å². The number of halogens is 1. The molecule has 1 aromatic rings. The number of nitrogens with one attached hydrogen (secondary N) is 3. The monoisotopic (exact) mass is 403 g/mol. The SMILES string of the molecule is Cl.O=C(CCNS(=O)(=O)c1ccccc1)NCCNC1CCCCCC1. The molecule has 0 aliphatic heterocycles. The van der Waals surface area contributed by atoms with Gasteiger partial charge in [-0.1, -0.05) is 43.9 Å². The molecular weight excluding hydrogens is 374 g/mol. The van der Waals surface area contributed by atoms with E-state index in [-0.39, 0.29) is 36.2 Å². The fourth-order valence-corrected chi connectivity index (χ4v) is 4.08. The maximum absolute atomic E-state index is 12.0. The minimum absolute atomic E-state index is 0. The molecule has 8 heteroatoms. The lowest BCUT2D eigenvalue weighted by molar-refractivity contribution is -0.120. The van der Waals surface area contributed by atoms with E-state index in [4.69, 9.17) is 0 Å². The number of amides is 1. The lowest BCUT2D eigenvalue weighted by Crippen LogP contribution is -2.37. The summed E-state index contributed by atoms with van der Waals surface area (Å²) in [5.41, 5.74) is 0. The van der Waals surface area contributed by atoms with Crippen molar-refractivity contribution in [2.24, 2.45) is 0 Å². The molecule has 0 unspecified atom stereocenters. The Morgan fingerprint density at radius 2 is 1.62 bits per heavy atom. The van der Waals surface area contributed by atoms with E-state index < -0.39 is 10.0 Å². The predicted molar refractivity (Wildman–Crippen MR) is 106 cm³/mol. The highest BCUT2D eigenvalue weighted by Crippen LogP contribution is 2.16. The third kappa shape index (κ3) is 8.49. The average molecular weight is 404 g/mol. The van der Waals surface area contributed by atoms with Crippen molar-refractivity contribution in [2.45, 2.75) is 55.9 Å². The highest BCUT2D eigenvalue weighted by molar-refractivity contribution is 7.89. The van der Waals surface area contributed by atoms with E-state index in [2.05, 4.69) is 15.4 Å². The summed E-state index contributed by atoms with van der Waals surface area (Å²) in [5, 5.41) is 6.32. The number of carbonyl (C=O) groups is 1. The second-order valence-corrected chi connectivity index (χ2v) is 8.22. The van der Waals surface area contributed by atoms with Gasteiger partial charge in [-0.2, -0.15) is 0 Å². The highest BCUT2D eigenvalue weighted by Gasteiger charge is 2.13.